The Morgan fingerprint density at radius 1 is 0.920 bits per heavy atom. The van der Waals surface area contributed by atoms with E-state index in [1.807, 2.05) is 6.92 Å². The highest BCUT2D eigenvalue weighted by molar-refractivity contribution is 5.90. The number of ether oxygens (including phenoxy) is 4. The van der Waals surface area contributed by atoms with Crippen LogP contribution in [0.2, 0.25) is 0 Å². The van der Waals surface area contributed by atoms with Crippen molar-refractivity contribution in [3.8, 4) is 11.5 Å². The lowest BCUT2D eigenvalue weighted by Gasteiger charge is -2.68. The van der Waals surface area contributed by atoms with Gasteiger partial charge in [0.25, 0.3) is 0 Å². The van der Waals surface area contributed by atoms with E-state index in [-0.39, 0.29) is 42.9 Å². The fourth-order valence-electron chi connectivity index (χ4n) is 12.7. The molecule has 1 aromatic rings. The second kappa shape index (κ2) is 10.6. The molecule has 50 heavy (non-hydrogen) atoms. The molecule has 4 bridgehead atoms. The van der Waals surface area contributed by atoms with E-state index >= 15 is 0 Å². The van der Waals surface area contributed by atoms with Crippen LogP contribution < -0.4 is 9.47 Å². The predicted octanol–water partition coefficient (Wildman–Crippen LogP) is 1.27. The normalized spacial score (nSPS) is 51.9. The van der Waals surface area contributed by atoms with Crippen molar-refractivity contribution in [1.82, 2.24) is 4.90 Å². The van der Waals surface area contributed by atoms with Gasteiger partial charge in [-0.05, 0) is 69.6 Å². The topological polar surface area (TPSA) is 196 Å². The van der Waals surface area contributed by atoms with Gasteiger partial charge in [0.15, 0.2) is 17.6 Å². The number of hydrogen-bond donors (Lipinski definition) is 6. The van der Waals surface area contributed by atoms with Gasteiger partial charge in [-0.3, -0.25) is 9.69 Å². The number of aliphatic hydroxyl groups is 6. The van der Waals surface area contributed by atoms with Gasteiger partial charge in [-0.25, -0.2) is 4.79 Å². The largest absolute Gasteiger partial charge is 0.493 e. The van der Waals surface area contributed by atoms with Crippen LogP contribution in [0.5, 0.6) is 11.5 Å². The van der Waals surface area contributed by atoms with E-state index in [1.54, 1.807) is 6.92 Å². The lowest BCUT2D eigenvalue weighted by Crippen LogP contribution is -2.85. The van der Waals surface area contributed by atoms with Crippen molar-refractivity contribution in [2.24, 2.45) is 29.1 Å². The Hall–Kier alpha value is -2.36. The Kier molecular flexibility index (Phi) is 7.37. The Labute approximate surface area is 291 Å². The highest BCUT2D eigenvalue weighted by Crippen LogP contribution is 2.78. The first kappa shape index (κ1) is 34.7. The second-order valence-electron chi connectivity index (χ2n) is 17.2. The number of piperidine rings is 2. The van der Waals surface area contributed by atoms with Crippen LogP contribution in [0.25, 0.3) is 0 Å². The average molecular weight is 702 g/mol. The maximum absolute atomic E-state index is 13.5. The molecule has 0 unspecified atom stereocenters. The fraction of sp³-hybridized carbons (Fsp3) is 0.784. The molecule has 3 heterocycles. The number of rotatable bonds is 4. The molecule has 276 valence electrons. The number of methoxy groups -OCH3 is 1. The Morgan fingerprint density at radius 3 is 2.34 bits per heavy atom. The van der Waals surface area contributed by atoms with Crippen LogP contribution in [-0.2, 0) is 14.3 Å². The van der Waals surface area contributed by atoms with E-state index in [2.05, 4.69) is 11.8 Å². The van der Waals surface area contributed by atoms with Crippen LogP contribution in [0.3, 0.4) is 0 Å². The lowest BCUT2D eigenvalue weighted by atomic mass is 9.49. The highest BCUT2D eigenvalue weighted by Gasteiger charge is 2.88. The Balaban J connectivity index is 1.14. The van der Waals surface area contributed by atoms with Gasteiger partial charge in [0.2, 0.25) is 5.79 Å². The molecule has 8 rings (SSSR count). The van der Waals surface area contributed by atoms with Crippen LogP contribution in [-0.4, -0.2) is 120 Å². The number of fused-ring (bicyclic) bond motifs is 5. The highest BCUT2D eigenvalue weighted by atomic mass is 16.7. The average Bonchev–Trinajstić information content (AvgIpc) is 3.21. The van der Waals surface area contributed by atoms with Crippen molar-refractivity contribution in [2.75, 3.05) is 20.2 Å². The van der Waals surface area contributed by atoms with E-state index in [0.717, 1.165) is 6.42 Å². The first-order valence-electron chi connectivity index (χ1n) is 18.1. The molecule has 13 heteroatoms. The van der Waals surface area contributed by atoms with E-state index in [0.29, 0.717) is 38.1 Å². The monoisotopic (exact) mass is 701 g/mol. The van der Waals surface area contributed by atoms with Gasteiger partial charge in [-0.15, -0.1) is 0 Å². The Morgan fingerprint density at radius 2 is 1.64 bits per heavy atom. The summed E-state index contributed by atoms with van der Waals surface area (Å²) in [5.74, 6) is -4.95. The summed E-state index contributed by atoms with van der Waals surface area (Å²) in [5.41, 5.74) is -9.71. The molecule has 1 aromatic carbocycles. The van der Waals surface area contributed by atoms with Gasteiger partial charge in [-0.2, -0.15) is 0 Å². The summed E-state index contributed by atoms with van der Waals surface area (Å²) in [7, 11) is 1.38. The maximum atomic E-state index is 13.5. The number of carbonyl (C=O) groups is 2. The quantitative estimate of drug-likeness (QED) is 0.194. The third-order valence-corrected chi connectivity index (χ3v) is 15.0. The molecule has 4 saturated carbocycles. The molecule has 13 nitrogen and oxygen atoms in total. The molecule has 0 amide bonds. The summed E-state index contributed by atoms with van der Waals surface area (Å²) < 4.78 is 23.3. The molecule has 3 aliphatic heterocycles. The summed E-state index contributed by atoms with van der Waals surface area (Å²) in [6.07, 6.45) is -0.132. The van der Waals surface area contributed by atoms with Gasteiger partial charge < -0.3 is 49.6 Å². The van der Waals surface area contributed by atoms with Crippen molar-refractivity contribution in [3.05, 3.63) is 23.8 Å². The minimum absolute atomic E-state index is 0.116. The fourth-order valence-corrected chi connectivity index (χ4v) is 12.7. The van der Waals surface area contributed by atoms with Crippen LogP contribution >= 0.6 is 0 Å². The minimum Gasteiger partial charge on any atom is -0.493 e. The standard InChI is InChI=1S/C37H51NO12/c1-19-6-11-27-32(4,42)36(45)26(17-38(27)16-19)34(44)18-35-25(33(34,43)15-28(36)40)10-9-24-31(35,3)13-12-29(37(24,46)50-35)49-30(41)21-7-8-22(48-20(2)39)23(14-21)47-5/h7-8,14,19,24-29,40,42-46H,6,9-13,15-18H2,1-5H3/t19-,24-,25-,26-,27-,28-,29+,31-,32+,33+,34+,35+,36-,37-/m0/s1. The molecule has 0 aromatic heterocycles. The first-order valence-corrected chi connectivity index (χ1v) is 18.1. The van der Waals surface area contributed by atoms with Crippen LogP contribution in [0.15, 0.2) is 18.2 Å². The number of aliphatic hydroxyl groups excluding tert-OH is 1. The first-order chi connectivity index (χ1) is 23.3. The van der Waals surface area contributed by atoms with Gasteiger partial charge in [0.1, 0.15) is 22.4 Å². The molecule has 0 radical (unpaired) electrons. The van der Waals surface area contributed by atoms with Crippen molar-refractivity contribution < 1.29 is 59.2 Å². The predicted molar refractivity (Wildman–Crippen MR) is 174 cm³/mol. The molecular formula is C37H51NO12. The number of esters is 2. The Bertz CT molecular complexity index is 1620. The smallest absolute Gasteiger partial charge is 0.338 e. The van der Waals surface area contributed by atoms with Crippen LogP contribution in [0, 0.1) is 29.1 Å². The third kappa shape index (κ3) is 4.01. The molecular weight excluding hydrogens is 650 g/mol. The second-order valence-corrected chi connectivity index (χ2v) is 17.2. The van der Waals surface area contributed by atoms with Crippen LogP contribution in [0.4, 0.5) is 0 Å². The van der Waals surface area contributed by atoms with Crippen molar-refractivity contribution in [2.45, 2.75) is 131 Å². The summed E-state index contributed by atoms with van der Waals surface area (Å²) in [4.78, 5) is 27.2. The summed E-state index contributed by atoms with van der Waals surface area (Å²) >= 11 is 0. The summed E-state index contributed by atoms with van der Waals surface area (Å²) in [6.45, 7) is 7.75. The molecule has 6 N–H and O–H groups in total. The van der Waals surface area contributed by atoms with Crippen molar-refractivity contribution in [3.63, 3.8) is 0 Å². The lowest BCUT2D eigenvalue weighted by molar-refractivity contribution is -0.354. The van der Waals surface area contributed by atoms with Gasteiger partial charge in [0.05, 0.1) is 24.4 Å². The molecule has 4 aliphatic carbocycles. The maximum Gasteiger partial charge on any atom is 0.338 e. The van der Waals surface area contributed by atoms with Gasteiger partial charge in [-0.1, -0.05) is 13.8 Å². The van der Waals surface area contributed by atoms with E-state index < -0.39 is 87.1 Å². The van der Waals surface area contributed by atoms with Crippen molar-refractivity contribution in [1.29, 1.82) is 0 Å². The zero-order chi connectivity index (χ0) is 36.0. The minimum atomic E-state index is -2.12. The molecule has 1 spiro atoms. The van der Waals surface area contributed by atoms with Crippen LogP contribution in [0.1, 0.15) is 89.4 Å². The number of benzene rings is 1. The number of carbonyl (C=O) groups excluding carboxylic acids is 2. The molecule has 3 saturated heterocycles. The number of nitrogens with zero attached hydrogens (tertiary/aromatic N) is 1. The van der Waals surface area contributed by atoms with E-state index in [4.69, 9.17) is 18.9 Å². The zero-order valence-electron chi connectivity index (χ0n) is 29.4. The van der Waals surface area contributed by atoms with Gasteiger partial charge >= 0.3 is 11.9 Å². The zero-order valence-corrected chi connectivity index (χ0v) is 29.4. The van der Waals surface area contributed by atoms with Gasteiger partial charge in [0, 0.05) is 62.1 Å². The third-order valence-electron chi connectivity index (χ3n) is 15.0. The summed E-state index contributed by atoms with van der Waals surface area (Å²) in [5, 5.41) is 74.8. The van der Waals surface area contributed by atoms with E-state index in [1.165, 1.54) is 32.2 Å². The summed E-state index contributed by atoms with van der Waals surface area (Å²) in [6, 6.07) is 3.84. The molecule has 7 fully saturated rings. The SMILES string of the molecule is COc1cc(C(=O)O[C@@H]2CC[C@@]3(C)[C@@H]4CC[C@H]5[C@]6(O)C[C@H](O)[C@@]7(O)[C@@H](CN8C[C@@H](C)CC[C@H]8[C@@]7(C)O)[C@]6(O)C[C@@]53O[C@@]42O)ccc1OC(C)=O. The van der Waals surface area contributed by atoms with E-state index in [9.17, 15) is 40.2 Å². The molecule has 7 aliphatic rings. The molecule has 14 atom stereocenters. The number of hydrogen-bond acceptors (Lipinski definition) is 13. The van der Waals surface area contributed by atoms with Crippen molar-refractivity contribution >= 4 is 11.9 Å².